The number of hydrogen-bond donors (Lipinski definition) is 1. The first-order valence-electron chi connectivity index (χ1n) is 6.52. The Hall–Kier alpha value is -0.610. The highest BCUT2D eigenvalue weighted by Crippen LogP contribution is 2.15. The quantitative estimate of drug-likeness (QED) is 0.627. The summed E-state index contributed by atoms with van der Waals surface area (Å²) in [5.41, 5.74) is 5.68. The van der Waals surface area contributed by atoms with Gasteiger partial charge in [-0.1, -0.05) is 13.8 Å². The molecular weight excluding hydrogens is 216 g/mol. The van der Waals surface area contributed by atoms with Gasteiger partial charge in [0.25, 0.3) is 0 Å². The van der Waals surface area contributed by atoms with E-state index in [1.54, 1.807) is 0 Å². The number of carbonyl (C=O) groups is 1. The first-order valence-corrected chi connectivity index (χ1v) is 6.52. The molecule has 0 bridgehead atoms. The first-order chi connectivity index (χ1) is 7.96. The number of amides is 1. The molecule has 1 amide bonds. The number of nitrogens with two attached hydrogens (primary N) is 1. The third-order valence-electron chi connectivity index (χ3n) is 2.79. The molecule has 0 spiro atoms. The lowest BCUT2D eigenvalue weighted by atomic mass is 9.93. The molecule has 0 atom stereocenters. The molecule has 4 heteroatoms. The normalized spacial score (nSPS) is 11.6. The second kappa shape index (κ2) is 8.48. The lowest BCUT2D eigenvalue weighted by molar-refractivity contribution is -0.132. The minimum Gasteiger partial charge on any atom is -0.382 e. The van der Waals surface area contributed by atoms with Crippen LogP contribution >= 0.6 is 0 Å². The van der Waals surface area contributed by atoms with Crippen molar-refractivity contribution >= 4 is 5.91 Å². The van der Waals surface area contributed by atoms with Crippen LogP contribution in [0.15, 0.2) is 0 Å². The largest absolute Gasteiger partial charge is 0.382 e. The van der Waals surface area contributed by atoms with E-state index in [0.29, 0.717) is 26.2 Å². The zero-order valence-corrected chi connectivity index (χ0v) is 11.8. The summed E-state index contributed by atoms with van der Waals surface area (Å²) in [4.78, 5) is 13.8. The average molecular weight is 244 g/mol. The van der Waals surface area contributed by atoms with Gasteiger partial charge in [-0.3, -0.25) is 4.79 Å². The number of hydrogen-bond acceptors (Lipinski definition) is 3. The molecule has 102 valence electrons. The van der Waals surface area contributed by atoms with Gasteiger partial charge < -0.3 is 15.4 Å². The molecule has 0 aromatic rings. The second-order valence-electron chi connectivity index (χ2n) is 5.08. The van der Waals surface area contributed by atoms with Gasteiger partial charge in [0.2, 0.25) is 5.91 Å². The highest BCUT2D eigenvalue weighted by molar-refractivity contribution is 5.76. The van der Waals surface area contributed by atoms with Crippen LogP contribution in [0.3, 0.4) is 0 Å². The Balaban J connectivity index is 4.04. The van der Waals surface area contributed by atoms with Gasteiger partial charge in [-0.25, -0.2) is 0 Å². The molecule has 0 unspecified atom stereocenters. The van der Waals surface area contributed by atoms with E-state index in [1.807, 2.05) is 18.7 Å². The fourth-order valence-electron chi connectivity index (χ4n) is 1.59. The average Bonchev–Trinajstić information content (AvgIpc) is 2.31. The Bertz CT molecular complexity index is 217. The third-order valence-corrected chi connectivity index (χ3v) is 2.79. The van der Waals surface area contributed by atoms with Crippen molar-refractivity contribution in [1.82, 2.24) is 4.90 Å². The summed E-state index contributed by atoms with van der Waals surface area (Å²) in [6.45, 7) is 11.6. The minimum absolute atomic E-state index is 0.00834. The van der Waals surface area contributed by atoms with E-state index in [4.69, 9.17) is 10.5 Å². The molecule has 0 aliphatic rings. The molecule has 4 nitrogen and oxygen atoms in total. The Labute approximate surface area is 105 Å². The van der Waals surface area contributed by atoms with Crippen molar-refractivity contribution in [2.45, 2.75) is 40.5 Å². The molecular formula is C13H28N2O2. The molecule has 0 saturated heterocycles. The van der Waals surface area contributed by atoms with Crippen LogP contribution in [0.25, 0.3) is 0 Å². The van der Waals surface area contributed by atoms with Crippen molar-refractivity contribution in [1.29, 1.82) is 0 Å². The van der Waals surface area contributed by atoms with Crippen LogP contribution < -0.4 is 5.73 Å². The Morgan fingerprint density at radius 1 is 1.35 bits per heavy atom. The molecule has 0 aliphatic heterocycles. The molecule has 17 heavy (non-hydrogen) atoms. The lowest BCUT2D eigenvalue weighted by Crippen LogP contribution is -2.41. The summed E-state index contributed by atoms with van der Waals surface area (Å²) >= 11 is 0. The van der Waals surface area contributed by atoms with Gasteiger partial charge in [0, 0.05) is 32.7 Å². The maximum atomic E-state index is 12.0. The van der Waals surface area contributed by atoms with E-state index in [0.717, 1.165) is 19.5 Å². The van der Waals surface area contributed by atoms with Crippen LogP contribution in [-0.4, -0.2) is 43.7 Å². The van der Waals surface area contributed by atoms with Gasteiger partial charge in [-0.2, -0.15) is 0 Å². The Morgan fingerprint density at radius 3 is 2.47 bits per heavy atom. The van der Waals surface area contributed by atoms with Gasteiger partial charge in [0.1, 0.15) is 0 Å². The predicted molar refractivity (Wildman–Crippen MR) is 70.8 cm³/mol. The summed E-state index contributed by atoms with van der Waals surface area (Å²) in [6.07, 6.45) is 1.36. The van der Waals surface area contributed by atoms with Crippen molar-refractivity contribution in [2.75, 3.05) is 32.8 Å². The van der Waals surface area contributed by atoms with Crippen molar-refractivity contribution in [3.05, 3.63) is 0 Å². The predicted octanol–water partition coefficient (Wildman–Crippen LogP) is 1.64. The van der Waals surface area contributed by atoms with Gasteiger partial charge in [0.15, 0.2) is 0 Å². The summed E-state index contributed by atoms with van der Waals surface area (Å²) in [5.74, 6) is 0.203. The molecule has 0 heterocycles. The zero-order chi connectivity index (χ0) is 13.3. The Morgan fingerprint density at radius 2 is 2.00 bits per heavy atom. The van der Waals surface area contributed by atoms with Crippen LogP contribution in [0, 0.1) is 5.41 Å². The summed E-state index contributed by atoms with van der Waals surface area (Å²) in [5, 5.41) is 0. The number of carbonyl (C=O) groups excluding carboxylic acids is 1. The van der Waals surface area contributed by atoms with E-state index < -0.39 is 0 Å². The smallest absolute Gasteiger partial charge is 0.222 e. The third kappa shape index (κ3) is 7.34. The minimum atomic E-state index is -0.00834. The van der Waals surface area contributed by atoms with Crippen LogP contribution in [0.5, 0.6) is 0 Å². The van der Waals surface area contributed by atoms with Crippen LogP contribution in [0.4, 0.5) is 0 Å². The van der Waals surface area contributed by atoms with E-state index in [2.05, 4.69) is 13.8 Å². The Kier molecular flexibility index (Phi) is 8.17. The maximum absolute atomic E-state index is 12.0. The van der Waals surface area contributed by atoms with Crippen molar-refractivity contribution < 1.29 is 9.53 Å². The van der Waals surface area contributed by atoms with Crippen molar-refractivity contribution in [3.63, 3.8) is 0 Å². The summed E-state index contributed by atoms with van der Waals surface area (Å²) < 4.78 is 5.23. The summed E-state index contributed by atoms with van der Waals surface area (Å²) in [7, 11) is 0. The lowest BCUT2D eigenvalue weighted by Gasteiger charge is -2.31. The van der Waals surface area contributed by atoms with Crippen molar-refractivity contribution in [3.8, 4) is 0 Å². The number of rotatable bonds is 9. The SMILES string of the molecule is CCOCCCC(=O)N(CC)CC(C)(C)CN. The van der Waals surface area contributed by atoms with E-state index in [-0.39, 0.29) is 11.3 Å². The monoisotopic (exact) mass is 244 g/mol. The van der Waals surface area contributed by atoms with Gasteiger partial charge >= 0.3 is 0 Å². The van der Waals surface area contributed by atoms with E-state index >= 15 is 0 Å². The fourth-order valence-corrected chi connectivity index (χ4v) is 1.59. The molecule has 0 aliphatic carbocycles. The van der Waals surface area contributed by atoms with Gasteiger partial charge in [0.05, 0.1) is 0 Å². The van der Waals surface area contributed by atoms with Crippen LogP contribution in [0.2, 0.25) is 0 Å². The first kappa shape index (κ1) is 16.4. The molecule has 0 aromatic heterocycles. The summed E-state index contributed by atoms with van der Waals surface area (Å²) in [6, 6.07) is 0. The van der Waals surface area contributed by atoms with Crippen molar-refractivity contribution in [2.24, 2.45) is 11.1 Å². The molecule has 0 radical (unpaired) electrons. The highest BCUT2D eigenvalue weighted by Gasteiger charge is 2.22. The van der Waals surface area contributed by atoms with Gasteiger partial charge in [-0.15, -0.1) is 0 Å². The molecule has 2 N–H and O–H groups in total. The van der Waals surface area contributed by atoms with Crippen LogP contribution in [-0.2, 0) is 9.53 Å². The fraction of sp³-hybridized carbons (Fsp3) is 0.923. The number of nitrogens with zero attached hydrogens (tertiary/aromatic N) is 1. The van der Waals surface area contributed by atoms with E-state index in [9.17, 15) is 4.79 Å². The topological polar surface area (TPSA) is 55.6 Å². The standard InChI is InChI=1S/C13H28N2O2/c1-5-15(11-13(3,4)10-14)12(16)8-7-9-17-6-2/h5-11,14H2,1-4H3. The zero-order valence-electron chi connectivity index (χ0n) is 11.8. The molecule has 0 saturated carbocycles. The molecule has 0 aromatic carbocycles. The maximum Gasteiger partial charge on any atom is 0.222 e. The highest BCUT2D eigenvalue weighted by atomic mass is 16.5. The van der Waals surface area contributed by atoms with E-state index in [1.165, 1.54) is 0 Å². The van der Waals surface area contributed by atoms with Crippen LogP contribution in [0.1, 0.15) is 40.5 Å². The molecule has 0 fully saturated rings. The second-order valence-corrected chi connectivity index (χ2v) is 5.08. The molecule has 0 rings (SSSR count). The number of ether oxygens (including phenoxy) is 1. The van der Waals surface area contributed by atoms with Gasteiger partial charge in [-0.05, 0) is 32.2 Å².